The molecule has 18 heavy (non-hydrogen) atoms. The molecule has 0 unspecified atom stereocenters. The molecule has 2 rings (SSSR count). The Hall–Kier alpha value is -0.610. The van der Waals surface area contributed by atoms with Crippen LogP contribution in [-0.2, 0) is 0 Å². The molecule has 0 saturated carbocycles. The minimum Gasteiger partial charge on any atom is -0.489 e. The average Bonchev–Trinajstić information content (AvgIpc) is 2.38. The molecule has 1 saturated heterocycles. The normalized spacial score (nSPS) is 16.8. The molecule has 0 N–H and O–H groups in total. The summed E-state index contributed by atoms with van der Waals surface area (Å²) in [5, 5.41) is 0. The van der Waals surface area contributed by atoms with Gasteiger partial charge in [-0.3, -0.25) is 0 Å². The van der Waals surface area contributed by atoms with Gasteiger partial charge in [0.05, 0.1) is 11.1 Å². The summed E-state index contributed by atoms with van der Waals surface area (Å²) in [4.78, 5) is 2.46. The molecule has 1 aliphatic rings. The first-order valence-corrected chi connectivity index (χ1v) is 7.36. The zero-order chi connectivity index (χ0) is 12.8. The van der Waals surface area contributed by atoms with E-state index in [1.807, 2.05) is 0 Å². The Bertz CT molecular complexity index is 360. The third-order valence-electron chi connectivity index (χ3n) is 3.23. The highest BCUT2D eigenvalue weighted by molar-refractivity contribution is 9.10. The molecule has 0 radical (unpaired) electrons. The molecule has 1 aromatic carbocycles. The Balaban J connectivity index is 1.71. The smallest absolute Gasteiger partial charge is 0.169 e. The fourth-order valence-electron chi connectivity index (χ4n) is 2.27. The molecule has 4 heteroatoms. The highest BCUT2D eigenvalue weighted by Gasteiger charge is 2.10. The van der Waals surface area contributed by atoms with Gasteiger partial charge in [-0.2, -0.15) is 0 Å². The Kier molecular flexibility index (Phi) is 5.45. The highest BCUT2D eigenvalue weighted by atomic mass is 79.9. The van der Waals surface area contributed by atoms with Crippen molar-refractivity contribution in [1.82, 2.24) is 4.90 Å². The summed E-state index contributed by atoms with van der Waals surface area (Å²) in [5.41, 5.74) is 0. The predicted octanol–water partition coefficient (Wildman–Crippen LogP) is 3.84. The summed E-state index contributed by atoms with van der Waals surface area (Å²) < 4.78 is 19.7. The van der Waals surface area contributed by atoms with Crippen LogP contribution in [-0.4, -0.2) is 31.1 Å². The first-order valence-electron chi connectivity index (χ1n) is 6.56. The summed E-state index contributed by atoms with van der Waals surface area (Å²) >= 11 is 3.30. The standard InChI is InChI=1S/C14H19BrFNO/c15-12-6-4-7-13(16)14(12)18-11-5-10-17-8-2-1-3-9-17/h4,6-7H,1-3,5,8-11H2. The van der Waals surface area contributed by atoms with Crippen LogP contribution in [0.3, 0.4) is 0 Å². The lowest BCUT2D eigenvalue weighted by atomic mass is 10.1. The molecule has 0 spiro atoms. The van der Waals surface area contributed by atoms with Gasteiger partial charge in [-0.15, -0.1) is 0 Å². The van der Waals surface area contributed by atoms with E-state index in [4.69, 9.17) is 4.74 Å². The van der Waals surface area contributed by atoms with Crippen molar-refractivity contribution in [2.24, 2.45) is 0 Å². The highest BCUT2D eigenvalue weighted by Crippen LogP contribution is 2.27. The second-order valence-corrected chi connectivity index (χ2v) is 5.51. The van der Waals surface area contributed by atoms with E-state index in [2.05, 4.69) is 20.8 Å². The average molecular weight is 316 g/mol. The van der Waals surface area contributed by atoms with Gasteiger partial charge in [-0.05, 0) is 60.4 Å². The summed E-state index contributed by atoms with van der Waals surface area (Å²) in [5.74, 6) is 0.0264. The minimum absolute atomic E-state index is 0.303. The van der Waals surface area contributed by atoms with E-state index >= 15 is 0 Å². The molecule has 1 aromatic rings. The van der Waals surface area contributed by atoms with Crippen LogP contribution in [0.25, 0.3) is 0 Å². The van der Waals surface area contributed by atoms with E-state index in [9.17, 15) is 4.39 Å². The number of hydrogen-bond donors (Lipinski definition) is 0. The summed E-state index contributed by atoms with van der Waals surface area (Å²) in [6.07, 6.45) is 4.91. The van der Waals surface area contributed by atoms with Crippen LogP contribution in [0.1, 0.15) is 25.7 Å². The second kappa shape index (κ2) is 7.10. The van der Waals surface area contributed by atoms with Gasteiger partial charge < -0.3 is 9.64 Å². The van der Waals surface area contributed by atoms with Crippen LogP contribution in [0.2, 0.25) is 0 Å². The van der Waals surface area contributed by atoms with E-state index < -0.39 is 0 Å². The zero-order valence-electron chi connectivity index (χ0n) is 10.5. The van der Waals surface area contributed by atoms with E-state index in [0.29, 0.717) is 16.8 Å². The van der Waals surface area contributed by atoms with Gasteiger partial charge in [0.25, 0.3) is 0 Å². The first-order chi connectivity index (χ1) is 8.77. The van der Waals surface area contributed by atoms with E-state index in [0.717, 1.165) is 13.0 Å². The predicted molar refractivity (Wildman–Crippen MR) is 74.5 cm³/mol. The maximum atomic E-state index is 13.5. The van der Waals surface area contributed by atoms with Gasteiger partial charge in [0.15, 0.2) is 11.6 Å². The fraction of sp³-hybridized carbons (Fsp3) is 0.571. The number of likely N-dealkylation sites (tertiary alicyclic amines) is 1. The quantitative estimate of drug-likeness (QED) is 0.765. The summed E-state index contributed by atoms with van der Waals surface area (Å²) in [6, 6.07) is 4.88. The maximum absolute atomic E-state index is 13.5. The van der Waals surface area contributed by atoms with Crippen LogP contribution < -0.4 is 4.74 Å². The number of piperidine rings is 1. The lowest BCUT2D eigenvalue weighted by Gasteiger charge is -2.26. The lowest BCUT2D eigenvalue weighted by Crippen LogP contribution is -2.31. The van der Waals surface area contributed by atoms with Crippen molar-refractivity contribution in [3.8, 4) is 5.75 Å². The van der Waals surface area contributed by atoms with E-state index in [1.54, 1.807) is 12.1 Å². The topological polar surface area (TPSA) is 12.5 Å². The molecule has 0 aromatic heterocycles. The Morgan fingerprint density at radius 2 is 2.00 bits per heavy atom. The largest absolute Gasteiger partial charge is 0.489 e. The van der Waals surface area contributed by atoms with Gasteiger partial charge in [-0.1, -0.05) is 12.5 Å². The number of ether oxygens (including phenoxy) is 1. The summed E-state index contributed by atoms with van der Waals surface area (Å²) in [6.45, 7) is 4.01. The van der Waals surface area contributed by atoms with Crippen molar-refractivity contribution in [3.63, 3.8) is 0 Å². The molecule has 1 fully saturated rings. The number of para-hydroxylation sites is 1. The third kappa shape index (κ3) is 3.95. The number of halogens is 2. The molecule has 0 bridgehead atoms. The lowest BCUT2D eigenvalue weighted by molar-refractivity contribution is 0.202. The number of nitrogens with zero attached hydrogens (tertiary/aromatic N) is 1. The number of rotatable bonds is 5. The van der Waals surface area contributed by atoms with Crippen LogP contribution in [0.15, 0.2) is 22.7 Å². The second-order valence-electron chi connectivity index (χ2n) is 4.66. The van der Waals surface area contributed by atoms with Crippen LogP contribution in [0, 0.1) is 5.82 Å². The molecular formula is C14H19BrFNO. The Morgan fingerprint density at radius 3 is 2.72 bits per heavy atom. The van der Waals surface area contributed by atoms with Gasteiger partial charge in [0.2, 0.25) is 0 Å². The van der Waals surface area contributed by atoms with E-state index in [1.165, 1.54) is 38.4 Å². The van der Waals surface area contributed by atoms with Crippen LogP contribution in [0.5, 0.6) is 5.75 Å². The molecule has 0 atom stereocenters. The molecule has 0 amide bonds. The number of benzene rings is 1. The first kappa shape index (κ1) is 13.8. The summed E-state index contributed by atoms with van der Waals surface area (Å²) in [7, 11) is 0. The van der Waals surface area contributed by atoms with Crippen molar-refractivity contribution in [3.05, 3.63) is 28.5 Å². The molecule has 1 heterocycles. The van der Waals surface area contributed by atoms with E-state index in [-0.39, 0.29) is 5.82 Å². The SMILES string of the molecule is Fc1cccc(Br)c1OCCCN1CCCCC1. The van der Waals surface area contributed by atoms with Crippen molar-refractivity contribution >= 4 is 15.9 Å². The third-order valence-corrected chi connectivity index (χ3v) is 3.86. The molecule has 1 aliphatic heterocycles. The van der Waals surface area contributed by atoms with Gasteiger partial charge >= 0.3 is 0 Å². The Morgan fingerprint density at radius 1 is 1.22 bits per heavy atom. The van der Waals surface area contributed by atoms with Crippen molar-refractivity contribution in [1.29, 1.82) is 0 Å². The fourth-order valence-corrected chi connectivity index (χ4v) is 2.72. The van der Waals surface area contributed by atoms with Crippen LogP contribution >= 0.6 is 15.9 Å². The van der Waals surface area contributed by atoms with Gasteiger partial charge in [-0.25, -0.2) is 4.39 Å². The number of hydrogen-bond acceptors (Lipinski definition) is 2. The van der Waals surface area contributed by atoms with Crippen molar-refractivity contribution in [2.45, 2.75) is 25.7 Å². The van der Waals surface area contributed by atoms with Crippen LogP contribution in [0.4, 0.5) is 4.39 Å². The Labute approximate surface area is 116 Å². The van der Waals surface area contributed by atoms with Gasteiger partial charge in [0, 0.05) is 6.54 Å². The monoisotopic (exact) mass is 315 g/mol. The molecule has 2 nitrogen and oxygen atoms in total. The van der Waals surface area contributed by atoms with Crippen molar-refractivity contribution in [2.75, 3.05) is 26.2 Å². The minimum atomic E-state index is -0.303. The van der Waals surface area contributed by atoms with Gasteiger partial charge in [0.1, 0.15) is 0 Å². The molecule has 0 aliphatic carbocycles. The van der Waals surface area contributed by atoms with Crippen molar-refractivity contribution < 1.29 is 9.13 Å². The molecule has 100 valence electrons. The maximum Gasteiger partial charge on any atom is 0.169 e. The molecular weight excluding hydrogens is 297 g/mol. The zero-order valence-corrected chi connectivity index (χ0v) is 12.1.